The minimum atomic E-state index is -0.374. The molecule has 0 radical (unpaired) electrons. The van der Waals surface area contributed by atoms with Crippen LogP contribution in [-0.4, -0.2) is 26.0 Å². The van der Waals surface area contributed by atoms with E-state index in [0.717, 1.165) is 5.56 Å². The van der Waals surface area contributed by atoms with Gasteiger partial charge in [0.25, 0.3) is 6.29 Å². The quantitative estimate of drug-likeness (QED) is 0.687. The number of nitrogens with zero attached hydrogens (tertiary/aromatic N) is 4. The van der Waals surface area contributed by atoms with Crippen molar-refractivity contribution in [3.8, 4) is 17.5 Å². The number of aromatic nitrogens is 4. The first-order valence-electron chi connectivity index (χ1n) is 5.96. The minimum Gasteiger partial charge on any atom is -0.420 e. The van der Waals surface area contributed by atoms with Crippen molar-refractivity contribution < 1.29 is 9.57 Å². The van der Waals surface area contributed by atoms with Crippen molar-refractivity contribution >= 4 is 0 Å². The summed E-state index contributed by atoms with van der Waals surface area (Å²) in [6, 6.07) is 10.4. The Labute approximate surface area is 109 Å². The molecular weight excluding hydrogens is 244 g/mol. The molecule has 1 aromatic carbocycles. The summed E-state index contributed by atoms with van der Waals surface area (Å²) in [4.78, 5) is 18.0. The summed E-state index contributed by atoms with van der Waals surface area (Å²) in [7, 11) is 0. The fourth-order valence-electron chi connectivity index (χ4n) is 2.06. The highest BCUT2D eigenvalue weighted by Gasteiger charge is 2.27. The van der Waals surface area contributed by atoms with Crippen LogP contribution < -0.4 is 9.57 Å². The lowest BCUT2D eigenvalue weighted by atomic mass is 10.1. The van der Waals surface area contributed by atoms with E-state index in [2.05, 4.69) is 15.0 Å². The zero-order valence-electron chi connectivity index (χ0n) is 9.93. The number of rotatable bonds is 2. The van der Waals surface area contributed by atoms with Crippen LogP contribution in [0.4, 0.5) is 0 Å². The first-order chi connectivity index (χ1) is 9.38. The monoisotopic (exact) mass is 254 g/mol. The van der Waals surface area contributed by atoms with Gasteiger partial charge in [-0.3, -0.25) is 0 Å². The van der Waals surface area contributed by atoms with Crippen molar-refractivity contribution in [3.63, 3.8) is 0 Å². The van der Waals surface area contributed by atoms with Crippen LogP contribution >= 0.6 is 0 Å². The van der Waals surface area contributed by atoms with Gasteiger partial charge in [-0.25, -0.2) is 9.97 Å². The maximum atomic E-state index is 5.65. The van der Waals surface area contributed by atoms with Crippen molar-refractivity contribution in [2.24, 2.45) is 0 Å². The fraction of sp³-hybridized carbons (Fsp3) is 0.154. The van der Waals surface area contributed by atoms with Gasteiger partial charge >= 0.3 is 6.01 Å². The number of hydrogen-bond acceptors (Lipinski definition) is 5. The third kappa shape index (κ3) is 1.77. The predicted molar refractivity (Wildman–Crippen MR) is 65.6 cm³/mol. The Kier molecular flexibility index (Phi) is 2.14. The second-order valence-electron chi connectivity index (χ2n) is 4.27. The van der Waals surface area contributed by atoms with E-state index < -0.39 is 0 Å². The minimum absolute atomic E-state index is 0.374. The summed E-state index contributed by atoms with van der Waals surface area (Å²) in [5.41, 5.74) is 1.84. The van der Waals surface area contributed by atoms with E-state index in [1.165, 1.54) is 11.1 Å². The van der Waals surface area contributed by atoms with Crippen molar-refractivity contribution in [1.29, 1.82) is 0 Å². The Hall–Kier alpha value is -2.63. The molecule has 1 unspecified atom stereocenters. The molecule has 19 heavy (non-hydrogen) atoms. The summed E-state index contributed by atoms with van der Waals surface area (Å²) in [6.45, 7) is 0. The fourth-order valence-corrected chi connectivity index (χ4v) is 2.06. The molecular formula is C13H10N4O2. The van der Waals surface area contributed by atoms with Gasteiger partial charge in [0.2, 0.25) is 0 Å². The zero-order valence-corrected chi connectivity index (χ0v) is 9.93. The highest BCUT2D eigenvalue weighted by Crippen LogP contribution is 2.23. The smallest absolute Gasteiger partial charge is 0.335 e. The third-order valence-corrected chi connectivity index (χ3v) is 2.95. The topological polar surface area (TPSA) is 62.1 Å². The van der Waals surface area contributed by atoms with Gasteiger partial charge in [0.1, 0.15) is 12.0 Å². The van der Waals surface area contributed by atoms with Gasteiger partial charge < -0.3 is 9.57 Å². The van der Waals surface area contributed by atoms with Gasteiger partial charge in [0.05, 0.1) is 6.20 Å². The summed E-state index contributed by atoms with van der Waals surface area (Å²) >= 11 is 0. The van der Waals surface area contributed by atoms with E-state index in [1.54, 1.807) is 6.20 Å². The maximum absolute atomic E-state index is 5.65. The molecule has 3 aliphatic rings. The second-order valence-corrected chi connectivity index (χ2v) is 4.27. The largest absolute Gasteiger partial charge is 0.420 e. The SMILES string of the molecule is c1ccc(CC2Oc3nc4ncnc-4cn3O2)cc1. The van der Waals surface area contributed by atoms with Gasteiger partial charge in [-0.15, -0.1) is 4.73 Å². The first kappa shape index (κ1) is 10.3. The lowest BCUT2D eigenvalue weighted by molar-refractivity contribution is -0.0160. The molecule has 0 aliphatic carbocycles. The van der Waals surface area contributed by atoms with Crippen molar-refractivity contribution in [1.82, 2.24) is 19.7 Å². The predicted octanol–water partition coefficient (Wildman–Crippen LogP) is 1.17. The molecule has 6 heteroatoms. The molecule has 94 valence electrons. The number of hydrogen-bond donors (Lipinski definition) is 0. The second kappa shape index (κ2) is 3.94. The van der Waals surface area contributed by atoms with Gasteiger partial charge in [0, 0.05) is 6.42 Å². The molecule has 1 atom stereocenters. The Morgan fingerprint density at radius 3 is 2.95 bits per heavy atom. The zero-order chi connectivity index (χ0) is 12.7. The van der Waals surface area contributed by atoms with Crippen LogP contribution in [0.3, 0.4) is 0 Å². The van der Waals surface area contributed by atoms with Gasteiger partial charge in [-0.05, 0) is 5.56 Å². The standard InChI is InChI=1S/C13H10N4O2/c1-2-4-9(5-3-1)6-11-18-13-16-12-10(14-8-15-12)7-17(13)19-11/h1-5,7-8,11H,6H2. The average molecular weight is 254 g/mol. The Morgan fingerprint density at radius 2 is 2.05 bits per heavy atom. The van der Waals surface area contributed by atoms with Crippen LogP contribution in [0.1, 0.15) is 5.56 Å². The Bertz CT molecular complexity index is 645. The van der Waals surface area contributed by atoms with Crippen molar-refractivity contribution in [2.45, 2.75) is 12.7 Å². The van der Waals surface area contributed by atoms with E-state index >= 15 is 0 Å². The van der Waals surface area contributed by atoms with Crippen molar-refractivity contribution in [3.05, 3.63) is 48.4 Å². The highest BCUT2D eigenvalue weighted by molar-refractivity contribution is 5.49. The molecule has 1 aromatic rings. The Balaban J connectivity index is 1.59. The van der Waals surface area contributed by atoms with Crippen LogP contribution in [0.25, 0.3) is 11.5 Å². The number of benzene rings is 1. The summed E-state index contributed by atoms with van der Waals surface area (Å²) in [6.07, 6.45) is 3.49. The molecule has 0 saturated carbocycles. The number of ether oxygens (including phenoxy) is 1. The molecule has 0 aromatic heterocycles. The van der Waals surface area contributed by atoms with E-state index in [9.17, 15) is 0 Å². The highest BCUT2D eigenvalue weighted by atomic mass is 16.8. The van der Waals surface area contributed by atoms with Crippen molar-refractivity contribution in [2.75, 3.05) is 0 Å². The van der Waals surface area contributed by atoms with E-state index in [-0.39, 0.29) is 6.29 Å². The molecule has 3 heterocycles. The Morgan fingerprint density at radius 1 is 1.16 bits per heavy atom. The van der Waals surface area contributed by atoms with Gasteiger partial charge in [0.15, 0.2) is 5.82 Å². The number of imidazole rings is 1. The van der Waals surface area contributed by atoms with Crippen LogP contribution in [0, 0.1) is 0 Å². The van der Waals surface area contributed by atoms with Crippen LogP contribution in [0.5, 0.6) is 6.01 Å². The molecule has 0 N–H and O–H groups in total. The molecule has 3 aliphatic heterocycles. The average Bonchev–Trinajstić information content (AvgIpc) is 3.01. The van der Waals surface area contributed by atoms with Crippen LogP contribution in [0.15, 0.2) is 42.9 Å². The van der Waals surface area contributed by atoms with Gasteiger partial charge in [-0.2, -0.15) is 4.98 Å². The molecule has 0 spiro atoms. The molecule has 6 nitrogen and oxygen atoms in total. The van der Waals surface area contributed by atoms with Crippen LogP contribution in [-0.2, 0) is 6.42 Å². The van der Waals surface area contributed by atoms with E-state index in [1.807, 2.05) is 30.3 Å². The molecule has 0 bridgehead atoms. The maximum Gasteiger partial charge on any atom is 0.335 e. The van der Waals surface area contributed by atoms with E-state index in [0.29, 0.717) is 23.9 Å². The lowest BCUT2D eigenvalue weighted by Crippen LogP contribution is -2.23. The molecule has 0 saturated heterocycles. The summed E-state index contributed by atoms with van der Waals surface area (Å²) in [5.74, 6) is 0.565. The normalized spacial score (nSPS) is 16.9. The van der Waals surface area contributed by atoms with Crippen LogP contribution in [0.2, 0.25) is 0 Å². The van der Waals surface area contributed by atoms with E-state index in [4.69, 9.17) is 9.57 Å². The van der Waals surface area contributed by atoms with Gasteiger partial charge in [-0.1, -0.05) is 30.3 Å². The molecule has 0 amide bonds. The number of fused-ring (bicyclic) bond motifs is 2. The molecule has 0 fully saturated rings. The molecule has 4 rings (SSSR count). The summed E-state index contributed by atoms with van der Waals surface area (Å²) < 4.78 is 7.15. The third-order valence-electron chi connectivity index (χ3n) is 2.95. The first-order valence-corrected chi connectivity index (χ1v) is 5.96. The summed E-state index contributed by atoms with van der Waals surface area (Å²) in [5, 5.41) is 0. The lowest BCUT2D eigenvalue weighted by Gasteiger charge is -2.07.